The zero-order valence-electron chi connectivity index (χ0n) is 16.6. The fourth-order valence-electron chi connectivity index (χ4n) is 2.82. The van der Waals surface area contributed by atoms with Gasteiger partial charge in [0.2, 0.25) is 0 Å². The summed E-state index contributed by atoms with van der Waals surface area (Å²) in [6.45, 7) is 6.02. The number of nitrogens with one attached hydrogen (secondary N) is 2. The normalized spacial score (nSPS) is 11.1. The molecule has 3 rings (SSSR count). The summed E-state index contributed by atoms with van der Waals surface area (Å²) in [5, 5.41) is 2.80. The molecular weight excluding hydrogens is 386 g/mol. The lowest BCUT2D eigenvalue weighted by Gasteiger charge is -2.12. The molecule has 0 bridgehead atoms. The number of nitrogens with zero attached hydrogens (tertiary/aromatic N) is 1. The van der Waals surface area contributed by atoms with Crippen molar-refractivity contribution in [2.45, 2.75) is 32.2 Å². The van der Waals surface area contributed by atoms with E-state index in [1.165, 1.54) is 24.3 Å². The van der Waals surface area contributed by atoms with Gasteiger partial charge in [-0.2, -0.15) is 0 Å². The van der Waals surface area contributed by atoms with E-state index in [0.29, 0.717) is 17.8 Å². The van der Waals surface area contributed by atoms with Crippen LogP contribution < -0.4 is 10.0 Å². The van der Waals surface area contributed by atoms with E-state index in [1.54, 1.807) is 18.3 Å². The van der Waals surface area contributed by atoms with E-state index in [-0.39, 0.29) is 10.8 Å². The van der Waals surface area contributed by atoms with Crippen molar-refractivity contribution in [2.24, 2.45) is 0 Å². The Morgan fingerprint density at radius 1 is 0.931 bits per heavy atom. The molecule has 2 aromatic carbocycles. The van der Waals surface area contributed by atoms with Crippen LogP contribution in [0.25, 0.3) is 0 Å². The van der Waals surface area contributed by atoms with Crippen molar-refractivity contribution >= 4 is 21.6 Å². The van der Waals surface area contributed by atoms with Crippen molar-refractivity contribution in [3.63, 3.8) is 0 Å². The number of sulfonamides is 1. The van der Waals surface area contributed by atoms with E-state index in [9.17, 15) is 13.2 Å². The molecule has 0 fully saturated rings. The highest BCUT2D eigenvalue weighted by Gasteiger charge is 2.16. The Balaban J connectivity index is 1.71. The number of benzene rings is 2. The van der Waals surface area contributed by atoms with Crippen LogP contribution >= 0.6 is 0 Å². The van der Waals surface area contributed by atoms with Gasteiger partial charge >= 0.3 is 0 Å². The highest BCUT2D eigenvalue weighted by Crippen LogP contribution is 2.22. The monoisotopic (exact) mass is 409 g/mol. The molecule has 1 aromatic heterocycles. The number of hydrogen-bond donors (Lipinski definition) is 2. The van der Waals surface area contributed by atoms with Crippen LogP contribution in [-0.2, 0) is 16.6 Å². The molecule has 29 heavy (non-hydrogen) atoms. The van der Waals surface area contributed by atoms with Crippen LogP contribution in [-0.4, -0.2) is 19.3 Å². The molecule has 0 aliphatic rings. The lowest BCUT2D eigenvalue weighted by atomic mass is 10.1. The third-order valence-corrected chi connectivity index (χ3v) is 6.19. The molecule has 0 saturated carbocycles. The number of aromatic nitrogens is 1. The Labute approximate surface area is 171 Å². The topological polar surface area (TPSA) is 88.2 Å². The van der Waals surface area contributed by atoms with Gasteiger partial charge in [0, 0.05) is 11.8 Å². The van der Waals surface area contributed by atoms with Gasteiger partial charge < -0.3 is 5.32 Å². The Bertz CT molecular complexity index is 1140. The molecule has 0 spiro atoms. The van der Waals surface area contributed by atoms with Crippen LogP contribution in [0, 0.1) is 20.8 Å². The Kier molecular flexibility index (Phi) is 5.98. The van der Waals surface area contributed by atoms with Gasteiger partial charge in [0.1, 0.15) is 0 Å². The summed E-state index contributed by atoms with van der Waals surface area (Å²) in [7, 11) is -3.75. The number of amides is 1. The molecule has 6 nitrogen and oxygen atoms in total. The number of hydrogen-bond acceptors (Lipinski definition) is 4. The number of carbonyl (C=O) groups is 1. The molecular formula is C22H23N3O3S. The van der Waals surface area contributed by atoms with E-state index >= 15 is 0 Å². The first-order valence-electron chi connectivity index (χ1n) is 9.16. The third kappa shape index (κ3) is 4.81. The Hall–Kier alpha value is -3.19. The van der Waals surface area contributed by atoms with Crippen LogP contribution in [0.1, 0.15) is 32.7 Å². The minimum atomic E-state index is -3.75. The van der Waals surface area contributed by atoms with E-state index in [4.69, 9.17) is 0 Å². The summed E-state index contributed by atoms with van der Waals surface area (Å²) in [5.41, 5.74) is 4.57. The van der Waals surface area contributed by atoms with Gasteiger partial charge in [-0.3, -0.25) is 14.5 Å². The van der Waals surface area contributed by atoms with E-state index in [2.05, 4.69) is 15.0 Å². The number of anilines is 1. The smallest absolute Gasteiger partial charge is 0.261 e. The van der Waals surface area contributed by atoms with Gasteiger partial charge in [0.15, 0.2) is 0 Å². The standard InChI is InChI=1S/C22H23N3O3S/c1-15-6-4-8-20(17(15)3)25-29(27,28)19-11-9-18(10-12-19)22(26)24-14-21-16(2)7-5-13-23-21/h4-13,25H,14H2,1-3H3,(H,24,26). The van der Waals surface area contributed by atoms with Gasteiger partial charge in [-0.1, -0.05) is 18.2 Å². The van der Waals surface area contributed by atoms with Crippen molar-refractivity contribution < 1.29 is 13.2 Å². The molecule has 0 atom stereocenters. The number of rotatable bonds is 6. The average molecular weight is 410 g/mol. The molecule has 0 aliphatic heterocycles. The zero-order chi connectivity index (χ0) is 21.0. The van der Waals surface area contributed by atoms with Gasteiger partial charge in [0.05, 0.1) is 22.8 Å². The van der Waals surface area contributed by atoms with Crippen molar-refractivity contribution in [3.8, 4) is 0 Å². The largest absolute Gasteiger partial charge is 0.346 e. The molecule has 2 N–H and O–H groups in total. The molecule has 0 saturated heterocycles. The second kappa shape index (κ2) is 8.45. The average Bonchev–Trinajstić information content (AvgIpc) is 2.70. The maximum Gasteiger partial charge on any atom is 0.261 e. The van der Waals surface area contributed by atoms with Crippen LogP contribution in [0.3, 0.4) is 0 Å². The molecule has 0 radical (unpaired) electrons. The first kappa shape index (κ1) is 20.5. The summed E-state index contributed by atoms with van der Waals surface area (Å²) in [4.78, 5) is 16.7. The highest BCUT2D eigenvalue weighted by atomic mass is 32.2. The van der Waals surface area contributed by atoms with Gasteiger partial charge in [0.25, 0.3) is 15.9 Å². The second-order valence-corrected chi connectivity index (χ2v) is 8.51. The summed E-state index contributed by atoms with van der Waals surface area (Å²) < 4.78 is 28.0. The third-order valence-electron chi connectivity index (χ3n) is 4.81. The summed E-state index contributed by atoms with van der Waals surface area (Å²) in [6.07, 6.45) is 1.68. The molecule has 150 valence electrons. The summed E-state index contributed by atoms with van der Waals surface area (Å²) >= 11 is 0. The Morgan fingerprint density at radius 3 is 2.31 bits per heavy atom. The quantitative estimate of drug-likeness (QED) is 0.649. The minimum Gasteiger partial charge on any atom is -0.346 e. The lowest BCUT2D eigenvalue weighted by Crippen LogP contribution is -2.24. The Morgan fingerprint density at radius 2 is 1.62 bits per heavy atom. The second-order valence-electron chi connectivity index (χ2n) is 6.83. The fraction of sp³-hybridized carbons (Fsp3) is 0.182. The molecule has 1 amide bonds. The molecule has 0 unspecified atom stereocenters. The van der Waals surface area contributed by atoms with Crippen LogP contribution in [0.2, 0.25) is 0 Å². The lowest BCUT2D eigenvalue weighted by molar-refractivity contribution is 0.0950. The minimum absolute atomic E-state index is 0.0931. The van der Waals surface area contributed by atoms with E-state index < -0.39 is 10.0 Å². The van der Waals surface area contributed by atoms with E-state index in [0.717, 1.165) is 22.4 Å². The maximum atomic E-state index is 12.7. The summed E-state index contributed by atoms with van der Waals surface area (Å²) in [6, 6.07) is 15.1. The van der Waals surface area contributed by atoms with E-state index in [1.807, 2.05) is 39.0 Å². The molecule has 1 heterocycles. The first-order chi connectivity index (χ1) is 13.8. The van der Waals surface area contributed by atoms with Gasteiger partial charge in [-0.25, -0.2) is 8.42 Å². The van der Waals surface area contributed by atoms with Gasteiger partial charge in [-0.15, -0.1) is 0 Å². The number of pyridine rings is 1. The summed E-state index contributed by atoms with van der Waals surface area (Å²) in [5.74, 6) is -0.290. The van der Waals surface area contributed by atoms with Crippen LogP contribution in [0.15, 0.2) is 65.7 Å². The predicted molar refractivity (Wildman–Crippen MR) is 113 cm³/mol. The number of carbonyl (C=O) groups excluding carboxylic acids is 1. The molecule has 3 aromatic rings. The van der Waals surface area contributed by atoms with Crippen molar-refractivity contribution in [1.29, 1.82) is 0 Å². The van der Waals surface area contributed by atoms with Crippen molar-refractivity contribution in [2.75, 3.05) is 4.72 Å². The van der Waals surface area contributed by atoms with Crippen LogP contribution in [0.5, 0.6) is 0 Å². The first-order valence-corrected chi connectivity index (χ1v) is 10.6. The van der Waals surface area contributed by atoms with Gasteiger partial charge in [-0.05, 0) is 73.9 Å². The van der Waals surface area contributed by atoms with Crippen molar-refractivity contribution in [3.05, 3.63) is 88.7 Å². The SMILES string of the molecule is Cc1cccnc1CNC(=O)c1ccc(S(=O)(=O)Nc2cccc(C)c2C)cc1. The molecule has 0 aliphatic carbocycles. The fourth-order valence-corrected chi connectivity index (χ4v) is 3.94. The maximum absolute atomic E-state index is 12.7. The van der Waals surface area contributed by atoms with Crippen molar-refractivity contribution in [1.82, 2.24) is 10.3 Å². The number of aryl methyl sites for hydroxylation is 2. The predicted octanol–water partition coefficient (Wildman–Crippen LogP) is 3.74. The highest BCUT2D eigenvalue weighted by molar-refractivity contribution is 7.92. The molecule has 7 heteroatoms. The zero-order valence-corrected chi connectivity index (χ0v) is 17.4. The van der Waals surface area contributed by atoms with Crippen LogP contribution in [0.4, 0.5) is 5.69 Å².